The molecule has 2 aromatic heterocycles. The molecule has 100 valence electrons. The Morgan fingerprint density at radius 1 is 1.05 bits per heavy atom. The van der Waals surface area contributed by atoms with Crippen LogP contribution >= 0.6 is 0 Å². The molecule has 0 atom stereocenters. The van der Waals surface area contributed by atoms with Gasteiger partial charge in [0.2, 0.25) is 0 Å². The van der Waals surface area contributed by atoms with Crippen LogP contribution in [0.4, 0.5) is 14.6 Å². The van der Waals surface area contributed by atoms with Gasteiger partial charge in [0.15, 0.2) is 11.6 Å². The van der Waals surface area contributed by atoms with Crippen LogP contribution in [0.25, 0.3) is 22.5 Å². The zero-order valence-corrected chi connectivity index (χ0v) is 10.2. The first-order chi connectivity index (χ1) is 9.65. The molecule has 20 heavy (non-hydrogen) atoms. The van der Waals surface area contributed by atoms with Crippen LogP contribution in [-0.2, 0) is 0 Å². The second-order valence-corrected chi connectivity index (χ2v) is 4.17. The van der Waals surface area contributed by atoms with E-state index in [1.165, 1.54) is 12.1 Å². The first-order valence-corrected chi connectivity index (χ1v) is 5.77. The molecule has 0 aliphatic rings. The summed E-state index contributed by atoms with van der Waals surface area (Å²) in [4.78, 5) is 3.96. The van der Waals surface area contributed by atoms with Crippen LogP contribution in [-0.4, -0.2) is 10.1 Å². The van der Waals surface area contributed by atoms with E-state index in [1.54, 1.807) is 24.5 Å². The summed E-state index contributed by atoms with van der Waals surface area (Å²) in [6, 6.07) is 6.59. The van der Waals surface area contributed by atoms with E-state index in [9.17, 15) is 8.78 Å². The number of benzene rings is 1. The number of aromatic nitrogens is 2. The van der Waals surface area contributed by atoms with E-state index in [2.05, 4.69) is 10.1 Å². The highest BCUT2D eigenvalue weighted by Crippen LogP contribution is 2.36. The number of nitrogens with two attached hydrogens (primary N) is 1. The summed E-state index contributed by atoms with van der Waals surface area (Å²) in [5.41, 5.74) is 6.97. The fraction of sp³-hybridized carbons (Fsp3) is 0. The van der Waals surface area contributed by atoms with Crippen molar-refractivity contribution in [3.05, 3.63) is 54.4 Å². The van der Waals surface area contributed by atoms with E-state index in [0.717, 1.165) is 6.07 Å². The highest BCUT2D eigenvalue weighted by molar-refractivity contribution is 5.86. The molecule has 0 unspecified atom stereocenters. The SMILES string of the molecule is Nc1noc(-c2cccnc2)c1-c1cc(F)cc(F)c1. The Kier molecular flexibility index (Phi) is 2.90. The molecule has 0 spiro atoms. The van der Waals surface area contributed by atoms with Crippen molar-refractivity contribution in [2.45, 2.75) is 0 Å². The van der Waals surface area contributed by atoms with Gasteiger partial charge in [-0.25, -0.2) is 8.78 Å². The number of halogens is 2. The first kappa shape index (κ1) is 12.3. The van der Waals surface area contributed by atoms with Crippen molar-refractivity contribution in [1.82, 2.24) is 10.1 Å². The largest absolute Gasteiger partial charge is 0.380 e. The predicted octanol–water partition coefficient (Wildman–Crippen LogP) is 3.26. The normalized spacial score (nSPS) is 10.7. The Hall–Kier alpha value is -2.76. The fourth-order valence-corrected chi connectivity index (χ4v) is 1.97. The Labute approximate surface area is 112 Å². The van der Waals surface area contributed by atoms with Gasteiger partial charge in [-0.2, -0.15) is 0 Å². The molecule has 2 N–H and O–H groups in total. The lowest BCUT2D eigenvalue weighted by atomic mass is 10.0. The third kappa shape index (κ3) is 2.11. The third-order valence-corrected chi connectivity index (χ3v) is 2.79. The molecule has 4 nitrogen and oxygen atoms in total. The number of nitrogens with zero attached hydrogens (tertiary/aromatic N) is 2. The van der Waals surface area contributed by atoms with E-state index < -0.39 is 11.6 Å². The summed E-state index contributed by atoms with van der Waals surface area (Å²) >= 11 is 0. The van der Waals surface area contributed by atoms with E-state index in [1.807, 2.05) is 0 Å². The van der Waals surface area contributed by atoms with Crippen LogP contribution in [0.15, 0.2) is 47.2 Å². The molecule has 0 fully saturated rings. The molecule has 0 bridgehead atoms. The van der Waals surface area contributed by atoms with Crippen molar-refractivity contribution in [2.75, 3.05) is 5.73 Å². The molecule has 0 radical (unpaired) electrons. The Morgan fingerprint density at radius 2 is 1.80 bits per heavy atom. The molecule has 6 heteroatoms. The third-order valence-electron chi connectivity index (χ3n) is 2.79. The summed E-state index contributed by atoms with van der Waals surface area (Å²) in [7, 11) is 0. The lowest BCUT2D eigenvalue weighted by molar-refractivity contribution is 0.436. The number of nitrogen functional groups attached to an aromatic ring is 1. The summed E-state index contributed by atoms with van der Waals surface area (Å²) in [5, 5.41) is 3.66. The van der Waals surface area contributed by atoms with Crippen LogP contribution in [0.2, 0.25) is 0 Å². The molecule has 2 heterocycles. The van der Waals surface area contributed by atoms with Crippen molar-refractivity contribution in [3.63, 3.8) is 0 Å². The highest BCUT2D eigenvalue weighted by atomic mass is 19.1. The van der Waals surface area contributed by atoms with Crippen molar-refractivity contribution < 1.29 is 13.3 Å². The monoisotopic (exact) mass is 273 g/mol. The molecular formula is C14H9F2N3O. The lowest BCUT2D eigenvalue weighted by Gasteiger charge is -2.03. The molecule has 1 aromatic carbocycles. The van der Waals surface area contributed by atoms with Crippen molar-refractivity contribution in [3.8, 4) is 22.5 Å². The fourth-order valence-electron chi connectivity index (χ4n) is 1.97. The molecule has 0 aliphatic carbocycles. The van der Waals surface area contributed by atoms with Gasteiger partial charge >= 0.3 is 0 Å². The quantitative estimate of drug-likeness (QED) is 0.778. The summed E-state index contributed by atoms with van der Waals surface area (Å²) in [6.45, 7) is 0. The van der Waals surface area contributed by atoms with Crippen LogP contribution in [0.3, 0.4) is 0 Å². The van der Waals surface area contributed by atoms with E-state index in [-0.39, 0.29) is 11.4 Å². The molecule has 0 aliphatic heterocycles. The van der Waals surface area contributed by atoms with E-state index in [4.69, 9.17) is 10.3 Å². The number of hydrogen-bond acceptors (Lipinski definition) is 4. The molecular weight excluding hydrogens is 264 g/mol. The van der Waals surface area contributed by atoms with Gasteiger partial charge in [-0.05, 0) is 29.8 Å². The maximum atomic E-state index is 13.3. The lowest BCUT2D eigenvalue weighted by Crippen LogP contribution is -1.91. The van der Waals surface area contributed by atoms with E-state index >= 15 is 0 Å². The number of rotatable bonds is 2. The van der Waals surface area contributed by atoms with Gasteiger partial charge in [-0.1, -0.05) is 5.16 Å². The minimum absolute atomic E-state index is 0.0638. The zero-order chi connectivity index (χ0) is 14.1. The van der Waals surface area contributed by atoms with Crippen LogP contribution in [0.1, 0.15) is 0 Å². The number of pyridine rings is 1. The van der Waals surface area contributed by atoms with Crippen LogP contribution in [0, 0.1) is 11.6 Å². The van der Waals surface area contributed by atoms with Gasteiger partial charge in [0.1, 0.15) is 11.6 Å². The van der Waals surface area contributed by atoms with Gasteiger partial charge in [-0.3, -0.25) is 4.98 Å². The van der Waals surface area contributed by atoms with Gasteiger partial charge in [-0.15, -0.1) is 0 Å². The van der Waals surface area contributed by atoms with Crippen molar-refractivity contribution in [1.29, 1.82) is 0 Å². The standard InChI is InChI=1S/C14H9F2N3O/c15-10-4-9(5-11(16)6-10)12-13(20-19-14(12)17)8-2-1-3-18-7-8/h1-7H,(H2,17,19). The minimum Gasteiger partial charge on any atom is -0.380 e. The molecule has 3 rings (SSSR count). The van der Waals surface area contributed by atoms with Gasteiger partial charge in [0, 0.05) is 24.0 Å². The Balaban J connectivity index is 2.22. The smallest absolute Gasteiger partial charge is 0.178 e. The second kappa shape index (κ2) is 4.73. The van der Waals surface area contributed by atoms with Crippen LogP contribution < -0.4 is 5.73 Å². The topological polar surface area (TPSA) is 64.9 Å². The molecule has 0 saturated carbocycles. The molecule has 0 amide bonds. The van der Waals surface area contributed by atoms with Crippen molar-refractivity contribution in [2.24, 2.45) is 0 Å². The Bertz CT molecular complexity index is 736. The van der Waals surface area contributed by atoms with Gasteiger partial charge < -0.3 is 10.3 Å². The number of hydrogen-bond donors (Lipinski definition) is 1. The maximum absolute atomic E-state index is 13.3. The highest BCUT2D eigenvalue weighted by Gasteiger charge is 2.19. The zero-order valence-electron chi connectivity index (χ0n) is 10.2. The summed E-state index contributed by atoms with van der Waals surface area (Å²) in [5.74, 6) is -1.01. The number of anilines is 1. The summed E-state index contributed by atoms with van der Waals surface area (Å²) in [6.07, 6.45) is 3.16. The van der Waals surface area contributed by atoms with Gasteiger partial charge in [0.05, 0.1) is 5.56 Å². The molecule has 0 saturated heterocycles. The van der Waals surface area contributed by atoms with Crippen LogP contribution in [0.5, 0.6) is 0 Å². The average molecular weight is 273 g/mol. The first-order valence-electron chi connectivity index (χ1n) is 5.77. The summed E-state index contributed by atoms with van der Waals surface area (Å²) < 4.78 is 31.8. The molecule has 3 aromatic rings. The van der Waals surface area contributed by atoms with Crippen molar-refractivity contribution >= 4 is 5.82 Å². The average Bonchev–Trinajstić information content (AvgIpc) is 2.80. The van der Waals surface area contributed by atoms with E-state index in [0.29, 0.717) is 16.9 Å². The Morgan fingerprint density at radius 3 is 2.45 bits per heavy atom. The van der Waals surface area contributed by atoms with Gasteiger partial charge in [0.25, 0.3) is 0 Å². The minimum atomic E-state index is -0.697. The second-order valence-electron chi connectivity index (χ2n) is 4.17. The maximum Gasteiger partial charge on any atom is 0.178 e. The predicted molar refractivity (Wildman–Crippen MR) is 69.5 cm³/mol.